The van der Waals surface area contributed by atoms with Gasteiger partial charge in [-0.15, -0.1) is 0 Å². The maximum Gasteiger partial charge on any atom is 0 e. The summed E-state index contributed by atoms with van der Waals surface area (Å²) in [5, 5.41) is 0. The molecule has 0 aromatic carbocycles. The van der Waals surface area contributed by atoms with Gasteiger partial charge in [0.25, 0.3) is 0 Å². The molecule has 0 amide bonds. The van der Waals surface area contributed by atoms with Crippen LogP contribution < -0.4 is 0 Å². The Morgan fingerprint density at radius 2 is 2.14 bits per heavy atom. The van der Waals surface area contributed by atoms with Gasteiger partial charge in [0.05, 0.1) is 0 Å². The van der Waals surface area contributed by atoms with Crippen LogP contribution >= 0.6 is 0 Å². The molecule has 0 aliphatic carbocycles. The van der Waals surface area contributed by atoms with Crippen molar-refractivity contribution in [2.24, 2.45) is 0 Å². The van der Waals surface area contributed by atoms with Crippen molar-refractivity contribution in [2.45, 2.75) is 13.8 Å². The Labute approximate surface area is 77.6 Å². The summed E-state index contributed by atoms with van der Waals surface area (Å²) in [5.74, 6) is 0. The number of hydrogen-bond donors (Lipinski definition) is 0. The van der Waals surface area contributed by atoms with Crippen molar-refractivity contribution in [3.8, 4) is 0 Å². The monoisotopic (exact) mass is 356 g/mol. The second-order valence-electron chi connectivity index (χ2n) is 1.07. The Balaban J connectivity index is 0. The first-order valence-corrected chi connectivity index (χ1v) is 2.50. The van der Waals surface area contributed by atoms with Gasteiger partial charge in [-0.2, -0.15) is 0 Å². The third-order valence-corrected chi connectivity index (χ3v) is 0.555. The van der Waals surface area contributed by atoms with Gasteiger partial charge in [0.2, 0.25) is 0 Å². The Kier molecular flexibility index (Phi) is 11.5. The van der Waals surface area contributed by atoms with E-state index in [2.05, 4.69) is 23.1 Å². The largest absolute Gasteiger partial charge is 0 e. The van der Waals surface area contributed by atoms with E-state index >= 15 is 0 Å². The molecule has 0 atom stereocenters. The van der Waals surface area contributed by atoms with Gasteiger partial charge in [0.15, 0.2) is 0 Å². The molecule has 0 bridgehead atoms. The average molecular weight is 356 g/mol. The molecule has 0 unspecified atom stereocenters. The van der Waals surface area contributed by atoms with E-state index < -0.39 is 0 Å². The molecule has 0 nitrogen and oxygen atoms in total. The van der Waals surface area contributed by atoms with E-state index in [1.165, 1.54) is 4.23 Å². The summed E-state index contributed by atoms with van der Waals surface area (Å²) in [7, 11) is 0. The molecule has 37 valence electrons. The van der Waals surface area contributed by atoms with Gasteiger partial charge in [0.1, 0.15) is 0 Å². The number of rotatable bonds is 1. The molecule has 2 heteroatoms. The fourth-order valence-corrected chi connectivity index (χ4v) is 0.410. The van der Waals surface area contributed by atoms with Crippen LogP contribution in [-0.4, -0.2) is 4.23 Å². The molecule has 0 aromatic heterocycles. The number of hydrogen-bond acceptors (Lipinski definition) is 0. The molecular weight excluding hydrogens is 349 g/mol. The van der Waals surface area contributed by atoms with Gasteiger partial charge in [-0.1, -0.05) is 0 Å². The fourth-order valence-electron chi connectivity index (χ4n) is 0.209. The van der Waals surface area contributed by atoms with Crippen molar-refractivity contribution >= 4 is 4.23 Å². The zero-order valence-corrected chi connectivity index (χ0v) is 10.1. The first-order valence-electron chi connectivity index (χ1n) is 1.80. The normalized spacial score (nSPS) is 8.14. The van der Waals surface area contributed by atoms with E-state index in [1.807, 2.05) is 19.9 Å². The van der Waals surface area contributed by atoms with Gasteiger partial charge in [-0.25, -0.2) is 0 Å². The minimum atomic E-state index is 0. The SMILES string of the molecule is C[C-]=C[C](C)=[V].[U]. The summed E-state index contributed by atoms with van der Waals surface area (Å²) < 4.78 is 1.24. The third kappa shape index (κ3) is 11.1. The predicted molar refractivity (Wildman–Crippen MR) is 24.2 cm³/mol. The quantitative estimate of drug-likeness (QED) is 0.618. The zero-order valence-electron chi connectivity index (χ0n) is 4.52. The zero-order chi connectivity index (χ0) is 4.99. The van der Waals surface area contributed by atoms with E-state index in [-0.39, 0.29) is 31.1 Å². The summed E-state index contributed by atoms with van der Waals surface area (Å²) in [6, 6.07) is 0. The van der Waals surface area contributed by atoms with E-state index in [0.29, 0.717) is 0 Å². The standard InChI is InChI=1S/C5H7.U.V/c1-3-5-4-2;;/h5H,1-2H3;;/q-1;;. The average Bonchev–Trinajstić information content (AvgIpc) is 1.35. The molecule has 0 N–H and O–H groups in total. The van der Waals surface area contributed by atoms with Crippen molar-refractivity contribution in [3.63, 3.8) is 0 Å². The molecule has 0 aliphatic rings. The Hall–Kier alpha value is 1.25. The summed E-state index contributed by atoms with van der Waals surface area (Å²) >= 11 is 2.45. The molecule has 0 fully saturated rings. The smallest absolute Gasteiger partial charge is 0 e. The fraction of sp³-hybridized carbons (Fsp3) is 0.400. The molecule has 0 saturated carbocycles. The molecule has 7 heavy (non-hydrogen) atoms. The van der Waals surface area contributed by atoms with Gasteiger partial charge >= 0.3 is 47.2 Å². The molecule has 0 radical (unpaired) electrons. The first kappa shape index (κ1) is 11.1. The molecule has 0 rings (SSSR count). The summed E-state index contributed by atoms with van der Waals surface area (Å²) in [5.41, 5.74) is 0. The maximum absolute atomic E-state index is 2.89. The van der Waals surface area contributed by atoms with Crippen LogP contribution in [0.3, 0.4) is 0 Å². The molecule has 0 aromatic rings. The van der Waals surface area contributed by atoms with Crippen LogP contribution in [0.5, 0.6) is 0 Å². The van der Waals surface area contributed by atoms with Gasteiger partial charge in [0, 0.05) is 31.1 Å². The minimum absolute atomic E-state index is 0. The van der Waals surface area contributed by atoms with E-state index in [4.69, 9.17) is 0 Å². The van der Waals surface area contributed by atoms with Gasteiger partial charge < -0.3 is 0 Å². The van der Waals surface area contributed by atoms with Crippen LogP contribution in [0.1, 0.15) is 13.8 Å². The topological polar surface area (TPSA) is 0 Å². The summed E-state index contributed by atoms with van der Waals surface area (Å²) in [6.45, 7) is 3.91. The second-order valence-corrected chi connectivity index (χ2v) is 2.18. The van der Waals surface area contributed by atoms with E-state index in [0.717, 1.165) is 0 Å². The Morgan fingerprint density at radius 3 is 2.14 bits per heavy atom. The minimum Gasteiger partial charge on any atom is 0 e. The van der Waals surface area contributed by atoms with Crippen LogP contribution in [0.15, 0.2) is 6.08 Å². The van der Waals surface area contributed by atoms with Crippen molar-refractivity contribution in [1.29, 1.82) is 0 Å². The van der Waals surface area contributed by atoms with Crippen LogP contribution in [0.25, 0.3) is 0 Å². The molecule has 0 heterocycles. The van der Waals surface area contributed by atoms with E-state index in [1.54, 1.807) is 0 Å². The third-order valence-electron chi connectivity index (χ3n) is 0.353. The first-order chi connectivity index (χ1) is 2.77. The molecular formula is C5H7UV-. The van der Waals surface area contributed by atoms with Crippen LogP contribution in [0, 0.1) is 37.2 Å². The van der Waals surface area contributed by atoms with Gasteiger partial charge in [-0.3, -0.25) is 0 Å². The van der Waals surface area contributed by atoms with Crippen molar-refractivity contribution in [1.82, 2.24) is 0 Å². The van der Waals surface area contributed by atoms with Crippen molar-refractivity contribution in [2.75, 3.05) is 0 Å². The predicted octanol–water partition coefficient (Wildman–Crippen LogP) is 1.10. The van der Waals surface area contributed by atoms with Crippen LogP contribution in [0.2, 0.25) is 0 Å². The summed E-state index contributed by atoms with van der Waals surface area (Å²) in [4.78, 5) is 0. The van der Waals surface area contributed by atoms with Crippen molar-refractivity contribution in [3.05, 3.63) is 12.2 Å². The molecule has 0 aliphatic heterocycles. The van der Waals surface area contributed by atoms with E-state index in [9.17, 15) is 0 Å². The van der Waals surface area contributed by atoms with Crippen LogP contribution in [-0.2, 0) is 17.0 Å². The Morgan fingerprint density at radius 1 is 1.71 bits per heavy atom. The van der Waals surface area contributed by atoms with Crippen molar-refractivity contribution < 1.29 is 48.1 Å². The maximum atomic E-state index is 2.89. The Bertz CT molecular complexity index is 76.1. The number of allylic oxidation sites excluding steroid dienone is 2. The summed E-state index contributed by atoms with van der Waals surface area (Å²) in [6.07, 6.45) is 4.82. The molecule has 0 spiro atoms. The second kappa shape index (κ2) is 7.25. The molecule has 0 saturated heterocycles. The van der Waals surface area contributed by atoms with Gasteiger partial charge in [-0.05, 0) is 0 Å². The van der Waals surface area contributed by atoms with Crippen LogP contribution in [0.4, 0.5) is 0 Å².